The van der Waals surface area contributed by atoms with Crippen LogP contribution in [0.1, 0.15) is 27.2 Å². The number of rotatable bonds is 5. The Morgan fingerprint density at radius 3 is 2.45 bits per heavy atom. The molecule has 0 aliphatic carbocycles. The van der Waals surface area contributed by atoms with Gasteiger partial charge in [-0.1, -0.05) is 26.0 Å². The van der Waals surface area contributed by atoms with E-state index in [0.29, 0.717) is 0 Å². The predicted octanol–water partition coefficient (Wildman–Crippen LogP) is 2.63. The fourth-order valence-corrected chi connectivity index (χ4v) is 1.72. The van der Waals surface area contributed by atoms with E-state index in [2.05, 4.69) is 20.4 Å². The Balaban J connectivity index is 3.31. The van der Waals surface area contributed by atoms with Crippen LogP contribution in [0.2, 0.25) is 0 Å². The van der Waals surface area contributed by atoms with Crippen molar-refractivity contribution in [2.45, 2.75) is 32.6 Å². The van der Waals surface area contributed by atoms with Gasteiger partial charge in [0.05, 0.1) is 5.37 Å². The lowest BCUT2D eigenvalue weighted by Crippen LogP contribution is -2.16. The Kier molecular flexibility index (Phi) is 5.69. The third-order valence-corrected chi connectivity index (χ3v) is 2.71. The maximum Gasteiger partial charge on any atom is 0.0718 e. The summed E-state index contributed by atoms with van der Waals surface area (Å²) >= 11 is 1.79. The van der Waals surface area contributed by atoms with Gasteiger partial charge in [-0.05, 0) is 25.0 Å². The van der Waals surface area contributed by atoms with Crippen LogP contribution in [-0.2, 0) is 0 Å². The molecule has 0 spiro atoms. The molecule has 0 amide bonds. The molecule has 0 aromatic heterocycles. The largest absolute Gasteiger partial charge is 0.316 e. The van der Waals surface area contributed by atoms with E-state index in [0.717, 1.165) is 17.2 Å². The summed E-state index contributed by atoms with van der Waals surface area (Å²) in [4.78, 5) is 0. The molecule has 2 N–H and O–H groups in total. The third-order valence-electron chi connectivity index (χ3n) is 1.48. The van der Waals surface area contributed by atoms with Crippen LogP contribution >= 0.6 is 11.8 Å². The molecule has 0 radical (unpaired) electrons. The Bertz CT molecular complexity index is 121. The van der Waals surface area contributed by atoms with Crippen LogP contribution in [0.4, 0.5) is 0 Å². The van der Waals surface area contributed by atoms with Gasteiger partial charge >= 0.3 is 0 Å². The third kappa shape index (κ3) is 6.45. The molecule has 0 aromatic carbocycles. The summed E-state index contributed by atoms with van der Waals surface area (Å²) in [6.07, 6.45) is 1.24. The lowest BCUT2D eigenvalue weighted by Gasteiger charge is -2.11. The van der Waals surface area contributed by atoms with E-state index < -0.39 is 0 Å². The highest BCUT2D eigenvalue weighted by Gasteiger charge is 2.02. The van der Waals surface area contributed by atoms with E-state index >= 15 is 0 Å². The Labute approximate surface area is 74.4 Å². The zero-order valence-electron chi connectivity index (χ0n) is 7.76. The van der Waals surface area contributed by atoms with Crippen molar-refractivity contribution in [2.75, 3.05) is 5.75 Å². The molecule has 1 unspecified atom stereocenters. The maximum atomic E-state index is 5.77. The number of hydrogen-bond acceptors (Lipinski definition) is 2. The van der Waals surface area contributed by atoms with Gasteiger partial charge in [0, 0.05) is 0 Å². The number of thioether (sulfide) groups is 1. The van der Waals surface area contributed by atoms with Crippen molar-refractivity contribution in [1.82, 2.24) is 0 Å². The molecule has 0 bridgehead atoms. The number of nitrogens with two attached hydrogens (primary N) is 1. The second-order valence-electron chi connectivity index (χ2n) is 3.32. The fraction of sp³-hybridized carbons (Fsp3) is 0.778. The Morgan fingerprint density at radius 1 is 1.55 bits per heavy atom. The van der Waals surface area contributed by atoms with Crippen molar-refractivity contribution in [2.24, 2.45) is 11.7 Å². The molecule has 0 heterocycles. The number of hydrogen-bond donors (Lipinski definition) is 1. The predicted molar refractivity (Wildman–Crippen MR) is 54.7 cm³/mol. The minimum atomic E-state index is 0.133. The normalized spacial score (nSPS) is 13.5. The molecule has 0 aliphatic heterocycles. The summed E-state index contributed by atoms with van der Waals surface area (Å²) in [5.74, 6) is 1.92. The van der Waals surface area contributed by atoms with E-state index in [-0.39, 0.29) is 5.37 Å². The molecule has 66 valence electrons. The van der Waals surface area contributed by atoms with Crippen molar-refractivity contribution < 1.29 is 0 Å². The highest BCUT2D eigenvalue weighted by molar-refractivity contribution is 8.00. The van der Waals surface area contributed by atoms with Gasteiger partial charge in [-0.25, -0.2) is 0 Å². The molecular formula is C9H19NS. The first kappa shape index (κ1) is 11.1. The summed E-state index contributed by atoms with van der Waals surface area (Å²) in [5, 5.41) is 0.133. The van der Waals surface area contributed by atoms with E-state index in [1.807, 2.05) is 6.92 Å². The topological polar surface area (TPSA) is 26.0 Å². The summed E-state index contributed by atoms with van der Waals surface area (Å²) in [6.45, 7) is 10.2. The minimum Gasteiger partial charge on any atom is -0.316 e. The van der Waals surface area contributed by atoms with E-state index in [1.165, 1.54) is 6.42 Å². The van der Waals surface area contributed by atoms with Crippen molar-refractivity contribution in [1.29, 1.82) is 0 Å². The van der Waals surface area contributed by atoms with Crippen LogP contribution in [0, 0.1) is 5.92 Å². The SMILES string of the molecule is C=C(C)C(N)SCCC(C)C. The summed E-state index contributed by atoms with van der Waals surface area (Å²) in [6, 6.07) is 0. The van der Waals surface area contributed by atoms with Crippen LogP contribution in [-0.4, -0.2) is 11.1 Å². The molecule has 11 heavy (non-hydrogen) atoms. The molecule has 0 saturated carbocycles. The van der Waals surface area contributed by atoms with E-state index in [1.54, 1.807) is 11.8 Å². The van der Waals surface area contributed by atoms with Crippen molar-refractivity contribution >= 4 is 11.8 Å². The summed E-state index contributed by atoms with van der Waals surface area (Å²) in [5.41, 5.74) is 6.83. The van der Waals surface area contributed by atoms with Crippen LogP contribution in [0.3, 0.4) is 0 Å². The molecule has 1 atom stereocenters. The second kappa shape index (κ2) is 5.67. The summed E-state index contributed by atoms with van der Waals surface area (Å²) < 4.78 is 0. The van der Waals surface area contributed by atoms with Gasteiger partial charge in [-0.2, -0.15) is 0 Å². The van der Waals surface area contributed by atoms with Gasteiger partial charge in [0.25, 0.3) is 0 Å². The zero-order valence-corrected chi connectivity index (χ0v) is 8.58. The molecular weight excluding hydrogens is 154 g/mol. The highest BCUT2D eigenvalue weighted by atomic mass is 32.2. The highest BCUT2D eigenvalue weighted by Crippen LogP contribution is 2.15. The van der Waals surface area contributed by atoms with E-state index in [9.17, 15) is 0 Å². The molecule has 0 aliphatic rings. The average molecular weight is 173 g/mol. The molecule has 2 heteroatoms. The first-order chi connectivity index (χ1) is 5.04. The van der Waals surface area contributed by atoms with E-state index in [4.69, 9.17) is 5.73 Å². The molecule has 0 rings (SSSR count). The fourth-order valence-electron chi connectivity index (χ4n) is 0.573. The molecule has 1 nitrogen and oxygen atoms in total. The standard InChI is InChI=1S/C9H19NS/c1-7(2)5-6-11-9(10)8(3)4/h7,9H,3,5-6,10H2,1-2,4H3. The second-order valence-corrected chi connectivity index (χ2v) is 4.57. The van der Waals surface area contributed by atoms with Gasteiger partial charge in [0.15, 0.2) is 0 Å². The first-order valence-corrected chi connectivity index (χ1v) is 5.11. The smallest absolute Gasteiger partial charge is 0.0718 e. The van der Waals surface area contributed by atoms with Crippen LogP contribution in [0.15, 0.2) is 12.2 Å². The van der Waals surface area contributed by atoms with Crippen LogP contribution < -0.4 is 5.73 Å². The average Bonchev–Trinajstić information content (AvgIpc) is 1.86. The minimum absolute atomic E-state index is 0.133. The monoisotopic (exact) mass is 173 g/mol. The van der Waals surface area contributed by atoms with Crippen molar-refractivity contribution in [3.63, 3.8) is 0 Å². The van der Waals surface area contributed by atoms with Crippen molar-refractivity contribution in [3.05, 3.63) is 12.2 Å². The Morgan fingerprint density at radius 2 is 2.09 bits per heavy atom. The maximum absolute atomic E-state index is 5.77. The summed E-state index contributed by atoms with van der Waals surface area (Å²) in [7, 11) is 0. The van der Waals surface area contributed by atoms with Gasteiger partial charge in [0.1, 0.15) is 0 Å². The van der Waals surface area contributed by atoms with Gasteiger partial charge in [-0.3, -0.25) is 0 Å². The molecule has 0 saturated heterocycles. The van der Waals surface area contributed by atoms with Crippen LogP contribution in [0.25, 0.3) is 0 Å². The Hall–Kier alpha value is 0.0500. The van der Waals surface area contributed by atoms with Crippen molar-refractivity contribution in [3.8, 4) is 0 Å². The van der Waals surface area contributed by atoms with Gasteiger partial charge in [-0.15, -0.1) is 11.8 Å². The lowest BCUT2D eigenvalue weighted by atomic mass is 10.2. The zero-order chi connectivity index (χ0) is 8.85. The van der Waals surface area contributed by atoms with Gasteiger partial charge < -0.3 is 5.73 Å². The lowest BCUT2D eigenvalue weighted by molar-refractivity contribution is 0.631. The van der Waals surface area contributed by atoms with Crippen LogP contribution in [0.5, 0.6) is 0 Å². The quantitative estimate of drug-likeness (QED) is 0.511. The molecule has 0 fully saturated rings. The van der Waals surface area contributed by atoms with Gasteiger partial charge in [0.2, 0.25) is 0 Å². The first-order valence-electron chi connectivity index (χ1n) is 4.06. The molecule has 0 aromatic rings.